The number of nitrogen functional groups attached to an aromatic ring is 1. The number of rotatable bonds is 1. The molecule has 0 amide bonds. The van der Waals surface area contributed by atoms with Crippen LogP contribution in [0.5, 0.6) is 0 Å². The highest BCUT2D eigenvalue weighted by molar-refractivity contribution is 5.79. The van der Waals surface area contributed by atoms with Gasteiger partial charge in [-0.05, 0) is 37.3 Å². The van der Waals surface area contributed by atoms with Crippen LogP contribution in [0.25, 0.3) is 22.6 Å². The number of nitrogens with zero attached hydrogens (tertiary/aromatic N) is 1. The third-order valence-corrected chi connectivity index (χ3v) is 2.68. The molecule has 3 nitrogen and oxygen atoms in total. The zero-order valence-electron chi connectivity index (χ0n) is 9.47. The molecule has 1 aromatic heterocycles. The van der Waals surface area contributed by atoms with Crippen molar-refractivity contribution in [1.29, 1.82) is 0 Å². The van der Waals surface area contributed by atoms with Crippen LogP contribution >= 0.6 is 0 Å². The van der Waals surface area contributed by atoms with Crippen molar-refractivity contribution in [3.8, 4) is 11.5 Å². The van der Waals surface area contributed by atoms with Crippen LogP contribution in [0.1, 0.15) is 5.56 Å². The lowest BCUT2D eigenvalue weighted by atomic mass is 10.1. The van der Waals surface area contributed by atoms with Gasteiger partial charge in [0.1, 0.15) is 5.52 Å². The van der Waals surface area contributed by atoms with Crippen molar-refractivity contribution in [2.75, 3.05) is 5.73 Å². The van der Waals surface area contributed by atoms with Gasteiger partial charge in [0.05, 0.1) is 0 Å². The van der Waals surface area contributed by atoms with Crippen molar-refractivity contribution in [3.63, 3.8) is 0 Å². The predicted molar refractivity (Wildman–Crippen MR) is 68.6 cm³/mol. The second-order valence-electron chi connectivity index (χ2n) is 4.12. The van der Waals surface area contributed by atoms with Gasteiger partial charge in [0, 0.05) is 11.3 Å². The number of benzene rings is 2. The molecular formula is C14H12N2O. The molecule has 0 aliphatic carbocycles. The first-order valence-corrected chi connectivity index (χ1v) is 5.45. The number of aromatic nitrogens is 1. The number of fused-ring (bicyclic) bond motifs is 1. The fourth-order valence-corrected chi connectivity index (χ4v) is 1.85. The summed E-state index contributed by atoms with van der Waals surface area (Å²) in [5.41, 5.74) is 10.1. The molecule has 0 saturated carbocycles. The summed E-state index contributed by atoms with van der Waals surface area (Å²) in [5.74, 6) is 0.634. The summed E-state index contributed by atoms with van der Waals surface area (Å²) in [5, 5.41) is 0. The first-order chi connectivity index (χ1) is 8.22. The Hall–Kier alpha value is -2.29. The van der Waals surface area contributed by atoms with E-state index in [2.05, 4.69) is 4.98 Å². The number of aryl methyl sites for hydroxylation is 1. The highest BCUT2D eigenvalue weighted by Crippen LogP contribution is 2.25. The van der Waals surface area contributed by atoms with E-state index in [-0.39, 0.29) is 0 Å². The molecule has 0 saturated heterocycles. The van der Waals surface area contributed by atoms with Gasteiger partial charge in [-0.15, -0.1) is 0 Å². The van der Waals surface area contributed by atoms with E-state index in [0.29, 0.717) is 11.6 Å². The SMILES string of the molecule is Cc1cccc(-c2nc3cc(N)ccc3o2)c1. The molecule has 0 aliphatic rings. The second-order valence-corrected chi connectivity index (χ2v) is 4.12. The number of anilines is 1. The van der Waals surface area contributed by atoms with Crippen LogP contribution in [0, 0.1) is 6.92 Å². The number of hydrogen-bond donors (Lipinski definition) is 1. The molecule has 0 aliphatic heterocycles. The van der Waals surface area contributed by atoms with Crippen LogP contribution in [0.3, 0.4) is 0 Å². The van der Waals surface area contributed by atoms with Crippen LogP contribution in [0.15, 0.2) is 46.9 Å². The van der Waals surface area contributed by atoms with Crippen molar-refractivity contribution in [2.45, 2.75) is 6.92 Å². The largest absolute Gasteiger partial charge is 0.436 e. The summed E-state index contributed by atoms with van der Waals surface area (Å²) in [6, 6.07) is 13.6. The fourth-order valence-electron chi connectivity index (χ4n) is 1.85. The molecule has 0 atom stereocenters. The van der Waals surface area contributed by atoms with Crippen molar-refractivity contribution < 1.29 is 4.42 Å². The maximum absolute atomic E-state index is 5.71. The monoisotopic (exact) mass is 224 g/mol. The molecule has 84 valence electrons. The molecule has 3 rings (SSSR count). The summed E-state index contributed by atoms with van der Waals surface area (Å²) in [6.45, 7) is 2.05. The molecule has 1 heterocycles. The molecule has 2 aromatic carbocycles. The van der Waals surface area contributed by atoms with Gasteiger partial charge in [0.2, 0.25) is 5.89 Å². The minimum atomic E-state index is 0.634. The molecule has 17 heavy (non-hydrogen) atoms. The van der Waals surface area contributed by atoms with E-state index in [9.17, 15) is 0 Å². The normalized spacial score (nSPS) is 10.9. The smallest absolute Gasteiger partial charge is 0.227 e. The van der Waals surface area contributed by atoms with E-state index in [1.807, 2.05) is 49.4 Å². The van der Waals surface area contributed by atoms with Gasteiger partial charge in [-0.3, -0.25) is 0 Å². The highest BCUT2D eigenvalue weighted by atomic mass is 16.3. The van der Waals surface area contributed by atoms with Crippen molar-refractivity contribution in [1.82, 2.24) is 4.98 Å². The predicted octanol–water partition coefficient (Wildman–Crippen LogP) is 3.39. The summed E-state index contributed by atoms with van der Waals surface area (Å²) < 4.78 is 5.70. The van der Waals surface area contributed by atoms with Gasteiger partial charge in [0.15, 0.2) is 5.58 Å². The Morgan fingerprint density at radius 1 is 1.12 bits per heavy atom. The van der Waals surface area contributed by atoms with Gasteiger partial charge >= 0.3 is 0 Å². The molecule has 3 heteroatoms. The highest BCUT2D eigenvalue weighted by Gasteiger charge is 2.07. The average molecular weight is 224 g/mol. The van der Waals surface area contributed by atoms with Gasteiger partial charge in [0.25, 0.3) is 0 Å². The Kier molecular flexibility index (Phi) is 2.11. The van der Waals surface area contributed by atoms with E-state index in [4.69, 9.17) is 10.2 Å². The Bertz CT molecular complexity index is 686. The molecule has 0 radical (unpaired) electrons. The molecule has 0 bridgehead atoms. The number of nitrogens with two attached hydrogens (primary N) is 1. The lowest BCUT2D eigenvalue weighted by molar-refractivity contribution is 0.620. The molecule has 0 unspecified atom stereocenters. The summed E-state index contributed by atoms with van der Waals surface area (Å²) in [4.78, 5) is 4.44. The Morgan fingerprint density at radius 3 is 2.82 bits per heavy atom. The number of oxazole rings is 1. The van der Waals surface area contributed by atoms with Gasteiger partial charge in [-0.2, -0.15) is 0 Å². The Morgan fingerprint density at radius 2 is 2.00 bits per heavy atom. The van der Waals surface area contributed by atoms with Crippen molar-refractivity contribution in [3.05, 3.63) is 48.0 Å². The lowest BCUT2D eigenvalue weighted by Gasteiger charge is -1.95. The van der Waals surface area contributed by atoms with Crippen LogP contribution in [0.2, 0.25) is 0 Å². The Balaban J connectivity index is 2.18. The molecule has 0 spiro atoms. The topological polar surface area (TPSA) is 52.0 Å². The standard InChI is InChI=1S/C14H12N2O/c1-9-3-2-4-10(7-9)14-16-12-8-11(15)5-6-13(12)17-14/h2-8H,15H2,1H3. The fraction of sp³-hybridized carbons (Fsp3) is 0.0714. The van der Waals surface area contributed by atoms with Gasteiger partial charge in [-0.1, -0.05) is 17.7 Å². The van der Waals surface area contributed by atoms with Crippen LogP contribution < -0.4 is 5.73 Å². The van der Waals surface area contributed by atoms with Crippen LogP contribution in [-0.4, -0.2) is 4.98 Å². The average Bonchev–Trinajstić information content (AvgIpc) is 2.72. The first-order valence-electron chi connectivity index (χ1n) is 5.45. The first kappa shape index (κ1) is 9.90. The maximum Gasteiger partial charge on any atom is 0.227 e. The summed E-state index contributed by atoms with van der Waals surface area (Å²) in [6.07, 6.45) is 0. The quantitative estimate of drug-likeness (QED) is 0.644. The van der Waals surface area contributed by atoms with E-state index in [1.165, 1.54) is 5.56 Å². The minimum absolute atomic E-state index is 0.634. The molecule has 3 aromatic rings. The van der Waals surface area contributed by atoms with E-state index < -0.39 is 0 Å². The third kappa shape index (κ3) is 1.76. The van der Waals surface area contributed by atoms with Crippen molar-refractivity contribution >= 4 is 16.8 Å². The molecular weight excluding hydrogens is 212 g/mol. The van der Waals surface area contributed by atoms with Crippen LogP contribution in [-0.2, 0) is 0 Å². The summed E-state index contributed by atoms with van der Waals surface area (Å²) >= 11 is 0. The van der Waals surface area contributed by atoms with Gasteiger partial charge < -0.3 is 10.2 Å². The summed E-state index contributed by atoms with van der Waals surface area (Å²) in [7, 11) is 0. The minimum Gasteiger partial charge on any atom is -0.436 e. The maximum atomic E-state index is 5.71. The molecule has 0 fully saturated rings. The van der Waals surface area contributed by atoms with E-state index >= 15 is 0 Å². The van der Waals surface area contributed by atoms with Gasteiger partial charge in [-0.25, -0.2) is 4.98 Å². The number of hydrogen-bond acceptors (Lipinski definition) is 3. The molecule has 2 N–H and O–H groups in total. The van der Waals surface area contributed by atoms with E-state index in [0.717, 1.165) is 16.7 Å². The van der Waals surface area contributed by atoms with Crippen LogP contribution in [0.4, 0.5) is 5.69 Å². The van der Waals surface area contributed by atoms with E-state index in [1.54, 1.807) is 0 Å². The van der Waals surface area contributed by atoms with Crippen molar-refractivity contribution in [2.24, 2.45) is 0 Å². The Labute approximate surface area is 98.9 Å². The zero-order valence-corrected chi connectivity index (χ0v) is 9.47. The lowest BCUT2D eigenvalue weighted by Crippen LogP contribution is -1.82. The second kappa shape index (κ2) is 3.63. The zero-order chi connectivity index (χ0) is 11.8. The third-order valence-electron chi connectivity index (χ3n) is 2.68.